The molecule has 33 heavy (non-hydrogen) atoms. The molecule has 0 bridgehead atoms. The summed E-state index contributed by atoms with van der Waals surface area (Å²) >= 11 is 0. The molecule has 8 nitrogen and oxygen atoms in total. The number of hydrogen-bond acceptors (Lipinski definition) is 6. The maximum Gasteiger partial charge on any atom is 0.254 e. The minimum atomic E-state index is -0.644. The number of benzene rings is 1. The minimum Gasteiger partial charge on any atom is -0.493 e. The summed E-state index contributed by atoms with van der Waals surface area (Å²) in [6, 6.07) is 10.3. The van der Waals surface area contributed by atoms with E-state index in [9.17, 15) is 4.79 Å². The van der Waals surface area contributed by atoms with E-state index >= 15 is 0 Å². The van der Waals surface area contributed by atoms with E-state index in [1.54, 1.807) is 0 Å². The van der Waals surface area contributed by atoms with Crippen molar-refractivity contribution in [1.29, 1.82) is 0 Å². The molecule has 2 aromatic rings. The number of aliphatic imine (C=N–C) groups is 1. The molecule has 4 rings (SSSR count). The van der Waals surface area contributed by atoms with Crippen molar-refractivity contribution >= 4 is 11.9 Å². The van der Waals surface area contributed by atoms with Crippen LogP contribution in [0.25, 0.3) is 0 Å². The maximum absolute atomic E-state index is 13.0. The first kappa shape index (κ1) is 23.3. The molecule has 2 aliphatic rings. The summed E-state index contributed by atoms with van der Waals surface area (Å²) in [5.74, 6) is 2.02. The van der Waals surface area contributed by atoms with Crippen LogP contribution in [0.2, 0.25) is 0 Å². The van der Waals surface area contributed by atoms with Crippen molar-refractivity contribution in [3.8, 4) is 5.75 Å². The summed E-state index contributed by atoms with van der Waals surface area (Å²) in [5, 5.41) is 7.73. The summed E-state index contributed by atoms with van der Waals surface area (Å²) < 4.78 is 7.70. The summed E-state index contributed by atoms with van der Waals surface area (Å²) in [7, 11) is 4.04. The highest BCUT2D eigenvalue weighted by molar-refractivity contribution is 6.07. The third-order valence-electron chi connectivity index (χ3n) is 6.48. The summed E-state index contributed by atoms with van der Waals surface area (Å²) in [6.07, 6.45) is 1.49. The molecule has 1 aromatic carbocycles. The van der Waals surface area contributed by atoms with Gasteiger partial charge >= 0.3 is 0 Å². The number of aromatic nitrogens is 2. The van der Waals surface area contributed by atoms with Crippen LogP contribution in [0.1, 0.15) is 43.6 Å². The van der Waals surface area contributed by atoms with Crippen LogP contribution in [0.4, 0.5) is 0 Å². The first-order chi connectivity index (χ1) is 15.7. The fourth-order valence-corrected chi connectivity index (χ4v) is 4.26. The van der Waals surface area contributed by atoms with Crippen LogP contribution in [0.3, 0.4) is 0 Å². The molecule has 1 amide bonds. The van der Waals surface area contributed by atoms with E-state index in [2.05, 4.69) is 59.3 Å². The number of nitrogens with one attached hydrogen (secondary N) is 1. The highest BCUT2D eigenvalue weighted by atomic mass is 16.5. The van der Waals surface area contributed by atoms with Gasteiger partial charge in [-0.15, -0.1) is 0 Å². The van der Waals surface area contributed by atoms with Gasteiger partial charge in [-0.3, -0.25) is 14.8 Å². The van der Waals surface area contributed by atoms with E-state index < -0.39 is 5.54 Å². The molecule has 0 radical (unpaired) electrons. The lowest BCUT2D eigenvalue weighted by Gasteiger charge is -2.33. The quantitative estimate of drug-likeness (QED) is 0.699. The first-order valence-corrected chi connectivity index (χ1v) is 11.8. The lowest BCUT2D eigenvalue weighted by atomic mass is 9.88. The van der Waals surface area contributed by atoms with Crippen molar-refractivity contribution in [3.05, 3.63) is 47.3 Å². The zero-order chi connectivity index (χ0) is 23.6. The molecule has 0 aliphatic carbocycles. The largest absolute Gasteiger partial charge is 0.493 e. The van der Waals surface area contributed by atoms with Crippen LogP contribution in [-0.4, -0.2) is 63.7 Å². The summed E-state index contributed by atoms with van der Waals surface area (Å²) in [6.45, 7) is 9.96. The SMILES string of the molecule is Cc1cc(CN(Cc2ccc(OCC(C)C)cc2)C2=NC3(CCN(C)CC3)C(=O)N2)nn1C. The van der Waals surface area contributed by atoms with Crippen molar-refractivity contribution in [1.82, 2.24) is 24.9 Å². The van der Waals surface area contributed by atoms with E-state index in [4.69, 9.17) is 9.73 Å². The van der Waals surface area contributed by atoms with Crippen molar-refractivity contribution in [2.75, 3.05) is 26.7 Å². The highest BCUT2D eigenvalue weighted by Gasteiger charge is 2.46. The number of nitrogens with zero attached hydrogens (tertiary/aromatic N) is 5. The van der Waals surface area contributed by atoms with E-state index in [-0.39, 0.29) is 5.91 Å². The maximum atomic E-state index is 13.0. The molecular weight excluding hydrogens is 416 g/mol. The molecule has 178 valence electrons. The van der Waals surface area contributed by atoms with Crippen LogP contribution in [0.15, 0.2) is 35.3 Å². The predicted molar refractivity (Wildman–Crippen MR) is 129 cm³/mol. The van der Waals surface area contributed by atoms with Gasteiger partial charge in [-0.05, 0) is 56.5 Å². The molecule has 1 saturated heterocycles. The topological polar surface area (TPSA) is 75.0 Å². The second-order valence-corrected chi connectivity index (χ2v) is 9.83. The molecule has 1 N–H and O–H groups in total. The smallest absolute Gasteiger partial charge is 0.254 e. The van der Waals surface area contributed by atoms with Crippen molar-refractivity contribution < 1.29 is 9.53 Å². The Labute approximate surface area is 196 Å². The Balaban J connectivity index is 1.55. The van der Waals surface area contributed by atoms with Gasteiger partial charge in [0.15, 0.2) is 0 Å². The van der Waals surface area contributed by atoms with Crippen molar-refractivity contribution in [2.24, 2.45) is 18.0 Å². The van der Waals surface area contributed by atoms with Gasteiger partial charge in [-0.1, -0.05) is 26.0 Å². The Hall–Kier alpha value is -2.87. The van der Waals surface area contributed by atoms with Crippen LogP contribution >= 0.6 is 0 Å². The Kier molecular flexibility index (Phi) is 6.74. The number of amides is 1. The minimum absolute atomic E-state index is 0.0187. The molecule has 1 spiro atoms. The lowest BCUT2D eigenvalue weighted by molar-refractivity contribution is -0.125. The molecule has 1 fully saturated rings. The normalized spacial score (nSPS) is 18.0. The average Bonchev–Trinajstić information content (AvgIpc) is 3.27. The average molecular weight is 453 g/mol. The van der Waals surface area contributed by atoms with Crippen LogP contribution < -0.4 is 10.1 Å². The van der Waals surface area contributed by atoms with Crippen LogP contribution in [0, 0.1) is 12.8 Å². The van der Waals surface area contributed by atoms with Gasteiger partial charge in [-0.2, -0.15) is 5.10 Å². The Bertz CT molecular complexity index is 983. The molecule has 3 heterocycles. The van der Waals surface area contributed by atoms with E-state index in [0.717, 1.165) is 48.6 Å². The van der Waals surface area contributed by atoms with Gasteiger partial charge in [0, 0.05) is 32.4 Å². The van der Waals surface area contributed by atoms with Gasteiger partial charge in [-0.25, -0.2) is 4.99 Å². The molecule has 2 aliphatic heterocycles. The van der Waals surface area contributed by atoms with E-state index in [0.29, 0.717) is 31.6 Å². The van der Waals surface area contributed by atoms with Crippen LogP contribution in [-0.2, 0) is 24.9 Å². The Morgan fingerprint density at radius 2 is 1.85 bits per heavy atom. The number of carbonyl (C=O) groups is 1. The number of aryl methyl sites for hydroxylation is 2. The number of carbonyl (C=O) groups excluding carboxylic acids is 1. The second-order valence-electron chi connectivity index (χ2n) is 9.83. The fraction of sp³-hybridized carbons (Fsp3) is 0.560. The number of likely N-dealkylation sites (tertiary alicyclic amines) is 1. The van der Waals surface area contributed by atoms with Gasteiger partial charge in [0.2, 0.25) is 5.96 Å². The lowest BCUT2D eigenvalue weighted by Crippen LogP contribution is -2.48. The third-order valence-corrected chi connectivity index (χ3v) is 6.48. The van der Waals surface area contributed by atoms with E-state index in [1.165, 1.54) is 0 Å². The summed E-state index contributed by atoms with van der Waals surface area (Å²) in [4.78, 5) is 22.4. The van der Waals surface area contributed by atoms with Gasteiger partial charge in [0.05, 0.1) is 18.8 Å². The zero-order valence-electron chi connectivity index (χ0n) is 20.5. The van der Waals surface area contributed by atoms with Crippen molar-refractivity contribution in [3.63, 3.8) is 0 Å². The fourth-order valence-electron chi connectivity index (χ4n) is 4.26. The molecular formula is C25H36N6O2. The monoisotopic (exact) mass is 452 g/mol. The summed E-state index contributed by atoms with van der Waals surface area (Å²) in [5.41, 5.74) is 2.53. The molecule has 1 aromatic heterocycles. The third kappa shape index (κ3) is 5.38. The number of rotatable bonds is 7. The Morgan fingerprint density at radius 3 is 2.45 bits per heavy atom. The molecule has 0 saturated carbocycles. The van der Waals surface area contributed by atoms with Gasteiger partial charge in [0.25, 0.3) is 5.91 Å². The number of piperidine rings is 1. The van der Waals surface area contributed by atoms with Crippen LogP contribution in [0.5, 0.6) is 5.75 Å². The number of hydrogen-bond donors (Lipinski definition) is 1. The van der Waals surface area contributed by atoms with Crippen molar-refractivity contribution in [2.45, 2.75) is 52.2 Å². The second kappa shape index (κ2) is 9.55. The number of ether oxygens (including phenoxy) is 1. The zero-order valence-corrected chi connectivity index (χ0v) is 20.5. The highest BCUT2D eigenvalue weighted by Crippen LogP contribution is 2.30. The van der Waals surface area contributed by atoms with Gasteiger partial charge in [0.1, 0.15) is 11.3 Å². The standard InChI is InChI=1S/C25H36N6O2/c1-18(2)17-33-22-8-6-20(7-9-22)15-31(16-21-14-19(3)30(5)28-21)24-26-23(32)25(27-24)10-12-29(4)13-11-25/h6-9,14,18H,10-13,15-17H2,1-5H3,(H,26,27,32). The number of guanidine groups is 1. The molecule has 0 atom stereocenters. The predicted octanol–water partition coefficient (Wildman–Crippen LogP) is 2.72. The molecule has 0 unspecified atom stereocenters. The van der Waals surface area contributed by atoms with E-state index in [1.807, 2.05) is 30.8 Å². The first-order valence-electron chi connectivity index (χ1n) is 11.8. The Morgan fingerprint density at radius 1 is 1.15 bits per heavy atom. The molecule has 8 heteroatoms. The van der Waals surface area contributed by atoms with Gasteiger partial charge < -0.3 is 14.5 Å².